The monoisotopic (exact) mass is 410 g/mol. The van der Waals surface area contributed by atoms with Crippen LogP contribution >= 0.6 is 0 Å². The van der Waals surface area contributed by atoms with Crippen molar-refractivity contribution in [1.29, 1.82) is 0 Å². The minimum Gasteiger partial charge on any atom is -0.466 e. The van der Waals surface area contributed by atoms with E-state index in [9.17, 15) is 9.59 Å². The fraction of sp³-hybridized carbons (Fsp3) is 0.478. The van der Waals surface area contributed by atoms with Gasteiger partial charge in [0.1, 0.15) is 5.69 Å². The second-order valence-corrected chi connectivity index (χ2v) is 7.92. The lowest BCUT2D eigenvalue weighted by Crippen LogP contribution is -2.50. The van der Waals surface area contributed by atoms with Crippen LogP contribution in [0, 0.1) is 12.3 Å². The molecule has 1 aromatic carbocycles. The van der Waals surface area contributed by atoms with Crippen molar-refractivity contribution < 1.29 is 14.3 Å². The molecule has 1 saturated heterocycles. The van der Waals surface area contributed by atoms with Gasteiger partial charge in [0.05, 0.1) is 12.0 Å². The minimum atomic E-state index is -0.688. The van der Waals surface area contributed by atoms with Crippen LogP contribution in [0.3, 0.4) is 0 Å². The molecule has 0 saturated carbocycles. The molecule has 30 heavy (non-hydrogen) atoms. The van der Waals surface area contributed by atoms with Crippen molar-refractivity contribution in [3.05, 3.63) is 53.3 Å². The summed E-state index contributed by atoms with van der Waals surface area (Å²) in [6.07, 6.45) is 3.88. The van der Waals surface area contributed by atoms with Crippen LogP contribution < -0.4 is 5.73 Å². The highest BCUT2D eigenvalue weighted by molar-refractivity contribution is 5.93. The lowest BCUT2D eigenvalue weighted by atomic mass is 9.75. The third-order valence-electron chi connectivity index (χ3n) is 5.63. The predicted molar refractivity (Wildman–Crippen MR) is 115 cm³/mol. The third kappa shape index (κ3) is 5.14. The van der Waals surface area contributed by atoms with E-state index in [-0.39, 0.29) is 23.5 Å². The van der Waals surface area contributed by atoms with E-state index >= 15 is 0 Å². The first-order chi connectivity index (χ1) is 14.4. The van der Waals surface area contributed by atoms with Crippen molar-refractivity contribution in [3.8, 4) is 0 Å². The molecule has 1 amide bonds. The van der Waals surface area contributed by atoms with Crippen LogP contribution in [0.4, 0.5) is 5.95 Å². The Kier molecular flexibility index (Phi) is 7.03. The third-order valence-corrected chi connectivity index (χ3v) is 5.63. The average molecular weight is 411 g/mol. The molecule has 1 fully saturated rings. The number of nitrogens with zero attached hydrogens (tertiary/aromatic N) is 3. The van der Waals surface area contributed by atoms with Crippen molar-refractivity contribution >= 4 is 17.8 Å². The fourth-order valence-electron chi connectivity index (χ4n) is 4.20. The molecule has 0 bridgehead atoms. The van der Waals surface area contributed by atoms with Crippen LogP contribution in [0.15, 0.2) is 36.4 Å². The van der Waals surface area contributed by atoms with E-state index in [1.54, 1.807) is 17.9 Å². The van der Waals surface area contributed by atoms with Crippen molar-refractivity contribution in [2.45, 2.75) is 46.0 Å². The number of benzene rings is 1. The number of hydrogen-bond donors (Lipinski definition) is 1. The largest absolute Gasteiger partial charge is 0.466 e. The normalized spacial score (nSPS) is 18.8. The number of piperidine rings is 1. The van der Waals surface area contributed by atoms with Crippen LogP contribution in [0.2, 0.25) is 0 Å². The molecule has 7 nitrogen and oxygen atoms in total. The maximum absolute atomic E-state index is 13.1. The standard InChI is InChI=1S/C23H30N4O3/c1-3-30-21(29)23(12-7-11-18-9-5-4-6-10-18)13-8-14-27(16-23)20(28)19-15-17(2)25-22(24)26-19/h4-6,9-10,15H,3,7-8,11-14,16H2,1-2H3,(H2,24,25,26)/t23-/m1/s1. The summed E-state index contributed by atoms with van der Waals surface area (Å²) in [4.78, 5) is 35.9. The Morgan fingerprint density at radius 3 is 2.70 bits per heavy atom. The second kappa shape index (κ2) is 9.69. The van der Waals surface area contributed by atoms with Crippen LogP contribution in [-0.4, -0.2) is 46.4 Å². The minimum absolute atomic E-state index is 0.0786. The van der Waals surface area contributed by atoms with Crippen LogP contribution in [0.1, 0.15) is 54.4 Å². The number of nitrogens with two attached hydrogens (primary N) is 1. The molecular formula is C23H30N4O3. The lowest BCUT2D eigenvalue weighted by molar-refractivity contribution is -0.159. The predicted octanol–water partition coefficient (Wildman–Crippen LogP) is 3.18. The first-order valence-corrected chi connectivity index (χ1v) is 10.5. The van der Waals surface area contributed by atoms with Gasteiger partial charge < -0.3 is 15.4 Å². The number of rotatable bonds is 7. The van der Waals surface area contributed by atoms with Crippen LogP contribution in [0.25, 0.3) is 0 Å². The van der Waals surface area contributed by atoms with Crippen molar-refractivity contribution in [3.63, 3.8) is 0 Å². The van der Waals surface area contributed by atoms with E-state index in [1.807, 2.05) is 25.1 Å². The summed E-state index contributed by atoms with van der Waals surface area (Å²) < 4.78 is 5.44. The summed E-state index contributed by atoms with van der Waals surface area (Å²) in [6.45, 7) is 4.84. The van der Waals surface area contributed by atoms with E-state index in [0.717, 1.165) is 25.7 Å². The van der Waals surface area contributed by atoms with E-state index < -0.39 is 5.41 Å². The molecular weight excluding hydrogens is 380 g/mol. The van der Waals surface area contributed by atoms with E-state index in [4.69, 9.17) is 10.5 Å². The van der Waals surface area contributed by atoms with Crippen LogP contribution in [-0.2, 0) is 16.0 Å². The molecule has 160 valence electrons. The number of amides is 1. The van der Waals surface area contributed by atoms with Gasteiger partial charge in [0.25, 0.3) is 5.91 Å². The Balaban J connectivity index is 1.76. The SMILES string of the molecule is CCOC(=O)[C@]1(CCCc2ccccc2)CCCN(C(=O)c2cc(C)nc(N)n2)C1. The fourth-order valence-corrected chi connectivity index (χ4v) is 4.20. The van der Waals surface area contributed by atoms with Crippen molar-refractivity contribution in [2.24, 2.45) is 5.41 Å². The Morgan fingerprint density at radius 1 is 1.23 bits per heavy atom. The summed E-state index contributed by atoms with van der Waals surface area (Å²) >= 11 is 0. The molecule has 7 heteroatoms. The molecule has 1 aliphatic rings. The molecule has 0 radical (unpaired) electrons. The number of anilines is 1. The quantitative estimate of drug-likeness (QED) is 0.704. The summed E-state index contributed by atoms with van der Waals surface area (Å²) in [5, 5.41) is 0. The number of nitrogen functional groups attached to an aromatic ring is 1. The maximum atomic E-state index is 13.1. The molecule has 3 rings (SSSR count). The number of ether oxygens (including phenoxy) is 1. The van der Waals surface area contributed by atoms with Gasteiger partial charge in [-0.25, -0.2) is 9.97 Å². The molecule has 1 aliphatic heterocycles. The zero-order valence-corrected chi connectivity index (χ0v) is 17.8. The van der Waals surface area contributed by atoms with Gasteiger partial charge in [0, 0.05) is 18.8 Å². The van der Waals surface area contributed by atoms with E-state index in [1.165, 1.54) is 5.56 Å². The van der Waals surface area contributed by atoms with Crippen molar-refractivity contribution in [1.82, 2.24) is 14.9 Å². The number of aromatic nitrogens is 2. The highest BCUT2D eigenvalue weighted by Gasteiger charge is 2.44. The molecule has 2 heterocycles. The smallest absolute Gasteiger partial charge is 0.313 e. The molecule has 2 N–H and O–H groups in total. The van der Waals surface area contributed by atoms with Gasteiger partial charge in [-0.15, -0.1) is 0 Å². The van der Waals surface area contributed by atoms with Gasteiger partial charge in [0.15, 0.2) is 0 Å². The summed E-state index contributed by atoms with van der Waals surface area (Å²) in [6, 6.07) is 11.9. The highest BCUT2D eigenvalue weighted by atomic mass is 16.5. The Morgan fingerprint density at radius 2 is 2.00 bits per heavy atom. The van der Waals surface area contributed by atoms with Gasteiger partial charge in [-0.1, -0.05) is 30.3 Å². The zero-order chi connectivity index (χ0) is 21.6. The summed E-state index contributed by atoms with van der Waals surface area (Å²) in [5.74, 6) is -0.354. The average Bonchev–Trinajstić information content (AvgIpc) is 2.73. The number of hydrogen-bond acceptors (Lipinski definition) is 6. The Hall–Kier alpha value is -2.96. The molecule has 1 atom stereocenters. The molecule has 1 aromatic heterocycles. The second-order valence-electron chi connectivity index (χ2n) is 7.92. The molecule has 0 aliphatic carbocycles. The van der Waals surface area contributed by atoms with Crippen LogP contribution in [0.5, 0.6) is 0 Å². The topological polar surface area (TPSA) is 98.4 Å². The van der Waals surface area contributed by atoms with E-state index in [2.05, 4.69) is 22.1 Å². The Labute approximate surface area is 177 Å². The Bertz CT molecular complexity index is 867. The molecule has 2 aromatic rings. The lowest BCUT2D eigenvalue weighted by Gasteiger charge is -2.41. The first-order valence-electron chi connectivity index (χ1n) is 10.5. The molecule has 0 unspecified atom stereocenters. The van der Waals surface area contributed by atoms with Gasteiger partial charge >= 0.3 is 5.97 Å². The van der Waals surface area contributed by atoms with Gasteiger partial charge in [-0.2, -0.15) is 0 Å². The molecule has 0 spiro atoms. The number of carbonyl (C=O) groups excluding carboxylic acids is 2. The van der Waals surface area contributed by atoms with Gasteiger partial charge in [-0.3, -0.25) is 9.59 Å². The number of carbonyl (C=O) groups is 2. The highest BCUT2D eigenvalue weighted by Crippen LogP contribution is 2.37. The maximum Gasteiger partial charge on any atom is 0.313 e. The zero-order valence-electron chi connectivity index (χ0n) is 17.8. The van der Waals surface area contributed by atoms with Gasteiger partial charge in [0.2, 0.25) is 5.95 Å². The summed E-state index contributed by atoms with van der Waals surface area (Å²) in [7, 11) is 0. The summed E-state index contributed by atoms with van der Waals surface area (Å²) in [5.41, 5.74) is 7.18. The van der Waals surface area contributed by atoms with Crippen molar-refractivity contribution in [2.75, 3.05) is 25.4 Å². The number of esters is 1. The first kappa shape index (κ1) is 21.7. The van der Waals surface area contributed by atoms with E-state index in [0.29, 0.717) is 31.8 Å². The number of likely N-dealkylation sites (tertiary alicyclic amines) is 1. The number of aryl methyl sites for hydroxylation is 2. The van der Waals surface area contributed by atoms with Gasteiger partial charge in [-0.05, 0) is 57.6 Å².